The van der Waals surface area contributed by atoms with E-state index in [1.165, 1.54) is 6.42 Å². The van der Waals surface area contributed by atoms with E-state index in [1.807, 2.05) is 24.4 Å². The number of aromatic nitrogens is 3. The highest BCUT2D eigenvalue weighted by molar-refractivity contribution is 5.80. The highest BCUT2D eigenvalue weighted by Crippen LogP contribution is 2.44. The van der Waals surface area contributed by atoms with Gasteiger partial charge in [-0.1, -0.05) is 18.2 Å². The average molecular weight is 322 g/mol. The maximum atomic E-state index is 12.9. The zero-order chi connectivity index (χ0) is 16.1. The maximum Gasteiger partial charge on any atom is 0.226 e. The van der Waals surface area contributed by atoms with Gasteiger partial charge in [-0.2, -0.15) is 0 Å². The fourth-order valence-corrected chi connectivity index (χ4v) is 4.80. The molecule has 3 aliphatic rings. The summed E-state index contributed by atoms with van der Waals surface area (Å²) in [5.41, 5.74) is 0.903. The molecule has 3 heterocycles. The van der Waals surface area contributed by atoms with Crippen LogP contribution in [0.1, 0.15) is 37.4 Å². The van der Waals surface area contributed by atoms with Crippen LogP contribution in [0.5, 0.6) is 0 Å². The minimum absolute atomic E-state index is 0.241. The topological polar surface area (TPSA) is 50.5 Å². The molecule has 1 aliphatic heterocycles. The van der Waals surface area contributed by atoms with E-state index in [2.05, 4.69) is 31.7 Å². The Balaban J connectivity index is 1.27. The lowest BCUT2D eigenvalue weighted by molar-refractivity contribution is -0.137. The Morgan fingerprint density at radius 2 is 1.96 bits per heavy atom. The van der Waals surface area contributed by atoms with E-state index >= 15 is 0 Å². The number of amides is 1. The Bertz CT molecular complexity index is 803. The molecule has 2 fully saturated rings. The number of fused-ring (bicyclic) bond motifs is 3. The van der Waals surface area contributed by atoms with Crippen LogP contribution in [0.2, 0.25) is 0 Å². The second-order valence-electron chi connectivity index (χ2n) is 7.47. The molecule has 5 nitrogen and oxygen atoms in total. The van der Waals surface area contributed by atoms with Crippen molar-refractivity contribution in [3.05, 3.63) is 42.4 Å². The van der Waals surface area contributed by atoms with Gasteiger partial charge in [0.2, 0.25) is 5.91 Å². The lowest BCUT2D eigenvalue weighted by Gasteiger charge is -2.34. The summed E-state index contributed by atoms with van der Waals surface area (Å²) in [6, 6.07) is 5.98. The summed E-state index contributed by atoms with van der Waals surface area (Å²) in [7, 11) is 0. The molecule has 5 heteroatoms. The van der Waals surface area contributed by atoms with E-state index in [9.17, 15) is 4.79 Å². The van der Waals surface area contributed by atoms with Gasteiger partial charge in [0.25, 0.3) is 0 Å². The van der Waals surface area contributed by atoms with Crippen molar-refractivity contribution in [3.8, 4) is 0 Å². The Labute approximate surface area is 141 Å². The van der Waals surface area contributed by atoms with E-state index in [0.717, 1.165) is 43.8 Å². The summed E-state index contributed by atoms with van der Waals surface area (Å²) in [5, 5.41) is 8.66. The van der Waals surface area contributed by atoms with Gasteiger partial charge in [0.15, 0.2) is 5.65 Å². The summed E-state index contributed by atoms with van der Waals surface area (Å²) in [6.45, 7) is 1.70. The molecule has 0 N–H and O–H groups in total. The van der Waals surface area contributed by atoms with Gasteiger partial charge in [-0.05, 0) is 49.7 Å². The third kappa shape index (κ3) is 2.18. The van der Waals surface area contributed by atoms with Crippen LogP contribution in [-0.2, 0) is 4.79 Å². The third-order valence-corrected chi connectivity index (χ3v) is 6.11. The van der Waals surface area contributed by atoms with Crippen molar-refractivity contribution in [2.45, 2.75) is 31.6 Å². The van der Waals surface area contributed by atoms with Gasteiger partial charge < -0.3 is 4.90 Å². The van der Waals surface area contributed by atoms with Gasteiger partial charge in [-0.3, -0.25) is 9.20 Å². The van der Waals surface area contributed by atoms with E-state index in [0.29, 0.717) is 23.7 Å². The van der Waals surface area contributed by atoms with E-state index in [1.54, 1.807) is 0 Å². The number of nitrogens with zero attached hydrogens (tertiary/aromatic N) is 4. The summed E-state index contributed by atoms with van der Waals surface area (Å²) >= 11 is 0. The van der Waals surface area contributed by atoms with Crippen molar-refractivity contribution in [1.82, 2.24) is 19.5 Å². The number of piperidine rings is 1. The second kappa shape index (κ2) is 5.43. The second-order valence-corrected chi connectivity index (χ2v) is 7.47. The zero-order valence-electron chi connectivity index (χ0n) is 13.7. The van der Waals surface area contributed by atoms with Crippen molar-refractivity contribution >= 4 is 11.6 Å². The Kier molecular flexibility index (Phi) is 3.21. The highest BCUT2D eigenvalue weighted by atomic mass is 16.2. The van der Waals surface area contributed by atoms with E-state index in [-0.39, 0.29) is 5.92 Å². The first-order valence-corrected chi connectivity index (χ1v) is 9.06. The Hall–Kier alpha value is -2.17. The molecule has 0 spiro atoms. The molecule has 0 unspecified atom stereocenters. The number of hydrogen-bond donors (Lipinski definition) is 0. The lowest BCUT2D eigenvalue weighted by Crippen LogP contribution is -2.42. The smallest absolute Gasteiger partial charge is 0.226 e. The standard InChI is InChI=1S/C19H22N4O/c24-19(16-12-13-4-5-15(16)11-13)22-9-6-14(7-10-22)18-21-20-17-3-1-2-8-23(17)18/h1-5,8,13-16H,6-7,9-12H2/t13-,15+,16-/m1/s1. The summed E-state index contributed by atoms with van der Waals surface area (Å²) in [5.74, 6) is 3.22. The minimum atomic E-state index is 0.241. The molecule has 0 radical (unpaired) electrons. The first-order chi connectivity index (χ1) is 11.8. The van der Waals surface area contributed by atoms with Crippen molar-refractivity contribution in [1.29, 1.82) is 0 Å². The molecule has 24 heavy (non-hydrogen) atoms. The average Bonchev–Trinajstić information content (AvgIpc) is 3.36. The number of likely N-dealkylation sites (tertiary alicyclic amines) is 1. The Morgan fingerprint density at radius 1 is 1.08 bits per heavy atom. The molecule has 124 valence electrons. The molecule has 2 aromatic rings. The van der Waals surface area contributed by atoms with Gasteiger partial charge in [0.1, 0.15) is 5.82 Å². The van der Waals surface area contributed by atoms with E-state index in [4.69, 9.17) is 0 Å². The maximum absolute atomic E-state index is 12.9. The lowest BCUT2D eigenvalue weighted by atomic mass is 9.90. The molecule has 5 rings (SSSR count). The van der Waals surface area contributed by atoms with Crippen LogP contribution >= 0.6 is 0 Å². The molecule has 3 atom stereocenters. The number of pyridine rings is 1. The molecule has 2 aromatic heterocycles. The zero-order valence-corrected chi connectivity index (χ0v) is 13.7. The molecular formula is C19H22N4O. The van der Waals surface area contributed by atoms with Crippen LogP contribution in [-0.4, -0.2) is 38.5 Å². The number of carbonyl (C=O) groups is 1. The van der Waals surface area contributed by atoms with Gasteiger partial charge >= 0.3 is 0 Å². The number of rotatable bonds is 2. The van der Waals surface area contributed by atoms with Crippen molar-refractivity contribution < 1.29 is 4.79 Å². The molecule has 1 saturated heterocycles. The van der Waals surface area contributed by atoms with Crippen LogP contribution in [0.25, 0.3) is 5.65 Å². The van der Waals surface area contributed by atoms with Crippen LogP contribution in [0.15, 0.2) is 36.5 Å². The van der Waals surface area contributed by atoms with Crippen LogP contribution in [0.3, 0.4) is 0 Å². The molecule has 0 aromatic carbocycles. The van der Waals surface area contributed by atoms with Crippen LogP contribution in [0.4, 0.5) is 0 Å². The first kappa shape index (κ1) is 14.2. The predicted octanol–water partition coefficient (Wildman–Crippen LogP) is 2.65. The largest absolute Gasteiger partial charge is 0.342 e. The SMILES string of the molecule is O=C([C@@H]1C[C@@H]2C=C[C@H]1C2)N1CCC(c2nnc3ccccn23)CC1. The molecule has 2 bridgehead atoms. The normalized spacial score (nSPS) is 29.7. The summed E-state index contributed by atoms with van der Waals surface area (Å²) in [6.07, 6.45) is 10.8. The predicted molar refractivity (Wildman–Crippen MR) is 90.4 cm³/mol. The van der Waals surface area contributed by atoms with Crippen molar-refractivity contribution in [2.75, 3.05) is 13.1 Å². The Morgan fingerprint density at radius 3 is 2.71 bits per heavy atom. The molecule has 1 amide bonds. The minimum Gasteiger partial charge on any atom is -0.342 e. The molecule has 2 aliphatic carbocycles. The monoisotopic (exact) mass is 322 g/mol. The van der Waals surface area contributed by atoms with Crippen LogP contribution < -0.4 is 0 Å². The van der Waals surface area contributed by atoms with Crippen molar-refractivity contribution in [3.63, 3.8) is 0 Å². The van der Waals surface area contributed by atoms with Gasteiger partial charge in [0, 0.05) is 31.1 Å². The van der Waals surface area contributed by atoms with Gasteiger partial charge in [0.05, 0.1) is 0 Å². The fraction of sp³-hybridized carbons (Fsp3) is 0.526. The third-order valence-electron chi connectivity index (χ3n) is 6.11. The highest BCUT2D eigenvalue weighted by Gasteiger charge is 2.42. The molecule has 1 saturated carbocycles. The first-order valence-electron chi connectivity index (χ1n) is 9.06. The number of hydrogen-bond acceptors (Lipinski definition) is 3. The number of allylic oxidation sites excluding steroid dienone is 2. The summed E-state index contributed by atoms with van der Waals surface area (Å²) in [4.78, 5) is 15.0. The quantitative estimate of drug-likeness (QED) is 0.799. The van der Waals surface area contributed by atoms with Gasteiger partial charge in [-0.15, -0.1) is 10.2 Å². The van der Waals surface area contributed by atoms with Gasteiger partial charge in [-0.25, -0.2) is 0 Å². The molecular weight excluding hydrogens is 300 g/mol. The van der Waals surface area contributed by atoms with Crippen LogP contribution in [0, 0.1) is 17.8 Å². The number of carbonyl (C=O) groups excluding carboxylic acids is 1. The fourth-order valence-electron chi connectivity index (χ4n) is 4.80. The summed E-state index contributed by atoms with van der Waals surface area (Å²) < 4.78 is 2.09. The van der Waals surface area contributed by atoms with Crippen molar-refractivity contribution in [2.24, 2.45) is 17.8 Å². The van der Waals surface area contributed by atoms with E-state index < -0.39 is 0 Å².